The zero-order valence-electron chi connectivity index (χ0n) is 10.3. The minimum atomic E-state index is 0.238. The molecule has 0 fully saturated rings. The summed E-state index contributed by atoms with van der Waals surface area (Å²) in [7, 11) is 0. The molecule has 1 heterocycles. The van der Waals surface area contributed by atoms with Crippen molar-refractivity contribution in [3.63, 3.8) is 0 Å². The van der Waals surface area contributed by atoms with Crippen molar-refractivity contribution < 1.29 is 5.11 Å². The van der Waals surface area contributed by atoms with Gasteiger partial charge in [0.05, 0.1) is 8.95 Å². The van der Waals surface area contributed by atoms with Crippen molar-refractivity contribution in [2.75, 3.05) is 6.54 Å². The van der Waals surface area contributed by atoms with Crippen LogP contribution in [0.5, 0.6) is 5.75 Å². The van der Waals surface area contributed by atoms with Gasteiger partial charge in [-0.15, -0.1) is 0 Å². The van der Waals surface area contributed by atoms with E-state index in [2.05, 4.69) is 47.1 Å². The fourth-order valence-corrected chi connectivity index (χ4v) is 3.05. The van der Waals surface area contributed by atoms with Gasteiger partial charge < -0.3 is 15.4 Å². The highest BCUT2D eigenvalue weighted by Crippen LogP contribution is 2.33. The van der Waals surface area contributed by atoms with Gasteiger partial charge in [-0.05, 0) is 62.5 Å². The molecule has 0 aliphatic heterocycles. The van der Waals surface area contributed by atoms with E-state index in [1.54, 1.807) is 6.20 Å². The van der Waals surface area contributed by atoms with Crippen LogP contribution in [-0.2, 0) is 13.0 Å². The number of benzene rings is 1. The van der Waals surface area contributed by atoms with Gasteiger partial charge in [0.1, 0.15) is 11.6 Å². The van der Waals surface area contributed by atoms with Crippen LogP contribution in [0.3, 0.4) is 0 Å². The molecule has 0 atom stereocenters. The summed E-state index contributed by atoms with van der Waals surface area (Å²) >= 11 is 6.65. The molecule has 4 nitrogen and oxygen atoms in total. The number of halogens is 2. The molecule has 2 aromatic rings. The van der Waals surface area contributed by atoms with Crippen molar-refractivity contribution in [1.82, 2.24) is 15.3 Å². The molecule has 0 radical (unpaired) electrons. The van der Waals surface area contributed by atoms with Gasteiger partial charge in [-0.3, -0.25) is 0 Å². The number of aryl methyl sites for hydroxylation is 1. The van der Waals surface area contributed by atoms with E-state index in [-0.39, 0.29) is 5.75 Å². The molecule has 1 aromatic heterocycles. The summed E-state index contributed by atoms with van der Waals surface area (Å²) in [5.41, 5.74) is 1.12. The third-order valence-electron chi connectivity index (χ3n) is 2.73. The second-order valence-corrected chi connectivity index (χ2v) is 5.93. The Morgan fingerprint density at radius 3 is 2.63 bits per heavy atom. The first kappa shape index (κ1) is 14.6. The minimum Gasteiger partial charge on any atom is -0.506 e. The molecule has 19 heavy (non-hydrogen) atoms. The molecule has 0 unspecified atom stereocenters. The van der Waals surface area contributed by atoms with Crippen LogP contribution in [0.4, 0.5) is 0 Å². The third-order valence-corrected chi connectivity index (χ3v) is 3.94. The summed E-state index contributed by atoms with van der Waals surface area (Å²) in [6.07, 6.45) is 5.60. The lowest BCUT2D eigenvalue weighted by molar-refractivity contribution is 0.468. The van der Waals surface area contributed by atoms with E-state index >= 15 is 0 Å². The number of aromatic hydroxyl groups is 1. The summed E-state index contributed by atoms with van der Waals surface area (Å²) in [5, 5.41) is 13.0. The van der Waals surface area contributed by atoms with E-state index < -0.39 is 0 Å². The van der Waals surface area contributed by atoms with Crippen LogP contribution < -0.4 is 5.32 Å². The molecule has 0 aliphatic rings. The van der Waals surface area contributed by atoms with Gasteiger partial charge in [-0.2, -0.15) is 0 Å². The Morgan fingerprint density at radius 1 is 1.26 bits per heavy atom. The number of H-pyrrole nitrogens is 1. The van der Waals surface area contributed by atoms with Crippen LogP contribution in [-0.4, -0.2) is 21.6 Å². The van der Waals surface area contributed by atoms with Gasteiger partial charge >= 0.3 is 0 Å². The quantitative estimate of drug-likeness (QED) is 0.665. The predicted molar refractivity (Wildman–Crippen MR) is 82.1 cm³/mol. The summed E-state index contributed by atoms with van der Waals surface area (Å²) in [4.78, 5) is 7.27. The maximum absolute atomic E-state index is 9.62. The predicted octanol–water partition coefficient (Wildman–Crippen LogP) is 3.36. The van der Waals surface area contributed by atoms with E-state index in [4.69, 9.17) is 0 Å². The van der Waals surface area contributed by atoms with Gasteiger partial charge in [0.25, 0.3) is 0 Å². The van der Waals surface area contributed by atoms with Crippen LogP contribution in [0, 0.1) is 0 Å². The topological polar surface area (TPSA) is 60.9 Å². The van der Waals surface area contributed by atoms with Crippen LogP contribution in [0.2, 0.25) is 0 Å². The number of aromatic nitrogens is 2. The van der Waals surface area contributed by atoms with E-state index in [0.29, 0.717) is 8.95 Å². The van der Waals surface area contributed by atoms with Gasteiger partial charge in [0.15, 0.2) is 0 Å². The molecule has 0 saturated carbocycles. The normalized spacial score (nSPS) is 10.8. The number of hydrogen-bond donors (Lipinski definition) is 3. The maximum atomic E-state index is 9.62. The smallest absolute Gasteiger partial charge is 0.143 e. The van der Waals surface area contributed by atoms with Crippen molar-refractivity contribution >= 4 is 31.9 Å². The molecule has 1 aromatic carbocycles. The first-order valence-corrected chi connectivity index (χ1v) is 7.61. The van der Waals surface area contributed by atoms with Crippen molar-refractivity contribution in [2.24, 2.45) is 0 Å². The van der Waals surface area contributed by atoms with Crippen LogP contribution in [0.1, 0.15) is 17.8 Å². The van der Waals surface area contributed by atoms with E-state index in [1.807, 2.05) is 18.3 Å². The molecular formula is C13H15Br2N3O. The van der Waals surface area contributed by atoms with Crippen LogP contribution in [0.15, 0.2) is 33.5 Å². The molecule has 2 rings (SSSR count). The molecule has 0 amide bonds. The number of nitrogens with one attached hydrogen (secondary N) is 2. The molecule has 102 valence electrons. The second kappa shape index (κ2) is 7.07. The monoisotopic (exact) mass is 387 g/mol. The highest BCUT2D eigenvalue weighted by atomic mass is 79.9. The Morgan fingerprint density at radius 2 is 2.00 bits per heavy atom. The van der Waals surface area contributed by atoms with Gasteiger partial charge in [0.2, 0.25) is 0 Å². The summed E-state index contributed by atoms with van der Waals surface area (Å²) < 4.78 is 1.41. The summed E-state index contributed by atoms with van der Waals surface area (Å²) in [6.45, 7) is 1.70. The number of nitrogens with zero attached hydrogens (tertiary/aromatic N) is 1. The molecule has 0 aliphatic carbocycles. The summed E-state index contributed by atoms with van der Waals surface area (Å²) in [5.74, 6) is 1.26. The standard InChI is InChI=1S/C13H15Br2N3O/c14-10-6-9(7-11(15)13(10)19)8-16-3-1-2-12-17-4-5-18-12/h4-7,16,19H,1-3,8H2,(H,17,18). The molecule has 0 spiro atoms. The Hall–Kier alpha value is -0.850. The Bertz CT molecular complexity index is 506. The van der Waals surface area contributed by atoms with E-state index in [1.165, 1.54) is 0 Å². The van der Waals surface area contributed by atoms with E-state index in [9.17, 15) is 5.11 Å². The van der Waals surface area contributed by atoms with Crippen LogP contribution >= 0.6 is 31.9 Å². The number of aromatic amines is 1. The van der Waals surface area contributed by atoms with Gasteiger partial charge in [0, 0.05) is 25.4 Å². The lowest BCUT2D eigenvalue weighted by atomic mass is 10.2. The van der Waals surface area contributed by atoms with Gasteiger partial charge in [-0.1, -0.05) is 0 Å². The Balaban J connectivity index is 1.74. The third kappa shape index (κ3) is 4.33. The number of phenolic OH excluding ortho intramolecular Hbond substituents is 1. The van der Waals surface area contributed by atoms with E-state index in [0.717, 1.165) is 37.3 Å². The number of hydrogen-bond acceptors (Lipinski definition) is 3. The zero-order valence-corrected chi connectivity index (χ0v) is 13.5. The molecular weight excluding hydrogens is 374 g/mol. The Labute approximate surface area is 128 Å². The number of phenols is 1. The lowest BCUT2D eigenvalue weighted by Gasteiger charge is -2.07. The van der Waals surface area contributed by atoms with Crippen molar-refractivity contribution in [3.8, 4) is 5.75 Å². The van der Waals surface area contributed by atoms with Gasteiger partial charge in [-0.25, -0.2) is 4.98 Å². The molecule has 3 N–H and O–H groups in total. The van der Waals surface area contributed by atoms with Crippen molar-refractivity contribution in [2.45, 2.75) is 19.4 Å². The fraction of sp³-hybridized carbons (Fsp3) is 0.308. The second-order valence-electron chi connectivity index (χ2n) is 4.22. The number of imidazole rings is 1. The Kier molecular flexibility index (Phi) is 5.42. The number of rotatable bonds is 6. The fourth-order valence-electron chi connectivity index (χ4n) is 1.77. The molecule has 0 saturated heterocycles. The maximum Gasteiger partial charge on any atom is 0.143 e. The molecule has 0 bridgehead atoms. The largest absolute Gasteiger partial charge is 0.506 e. The average molecular weight is 389 g/mol. The van der Waals surface area contributed by atoms with Crippen molar-refractivity contribution in [1.29, 1.82) is 0 Å². The summed E-state index contributed by atoms with van der Waals surface area (Å²) in [6, 6.07) is 3.83. The lowest BCUT2D eigenvalue weighted by Crippen LogP contribution is -2.15. The minimum absolute atomic E-state index is 0.238. The SMILES string of the molecule is Oc1c(Br)cc(CNCCCc2ncc[nH]2)cc1Br. The van der Waals surface area contributed by atoms with Crippen LogP contribution in [0.25, 0.3) is 0 Å². The van der Waals surface area contributed by atoms with Crippen molar-refractivity contribution in [3.05, 3.63) is 44.9 Å². The highest BCUT2D eigenvalue weighted by Gasteiger charge is 2.05. The average Bonchev–Trinajstić information content (AvgIpc) is 2.88. The molecule has 6 heteroatoms. The first-order chi connectivity index (χ1) is 9.16. The highest BCUT2D eigenvalue weighted by molar-refractivity contribution is 9.11. The first-order valence-electron chi connectivity index (χ1n) is 6.02. The zero-order chi connectivity index (χ0) is 13.7.